The summed E-state index contributed by atoms with van der Waals surface area (Å²) in [7, 11) is 1.85. The standard InChI is InChI=1S/C20H17F3N2O/c1-25(14-15-7-9-16(10-8-15)20(21,22)23)17-11-12-19(24-13-17)26-18-5-3-2-4-6-18/h2-13H,14H2,1H3. The van der Waals surface area contributed by atoms with E-state index < -0.39 is 11.7 Å². The fourth-order valence-electron chi connectivity index (χ4n) is 2.43. The van der Waals surface area contributed by atoms with Crippen LogP contribution in [0.3, 0.4) is 0 Å². The first-order valence-corrected chi connectivity index (χ1v) is 7.98. The van der Waals surface area contributed by atoms with Crippen LogP contribution in [-0.4, -0.2) is 12.0 Å². The first-order chi connectivity index (χ1) is 12.4. The van der Waals surface area contributed by atoms with Gasteiger partial charge in [0.2, 0.25) is 5.88 Å². The van der Waals surface area contributed by atoms with Crippen LogP contribution in [0.4, 0.5) is 18.9 Å². The largest absolute Gasteiger partial charge is 0.439 e. The number of halogens is 3. The molecule has 0 aliphatic rings. The normalized spacial score (nSPS) is 11.2. The van der Waals surface area contributed by atoms with E-state index in [4.69, 9.17) is 4.74 Å². The van der Waals surface area contributed by atoms with Crippen molar-refractivity contribution in [1.29, 1.82) is 0 Å². The molecule has 0 atom stereocenters. The lowest BCUT2D eigenvalue weighted by atomic mass is 10.1. The molecule has 0 spiro atoms. The van der Waals surface area contributed by atoms with E-state index in [1.807, 2.05) is 48.3 Å². The van der Waals surface area contributed by atoms with Crippen LogP contribution in [0.1, 0.15) is 11.1 Å². The summed E-state index contributed by atoms with van der Waals surface area (Å²) in [5, 5.41) is 0. The van der Waals surface area contributed by atoms with Crippen molar-refractivity contribution in [2.45, 2.75) is 12.7 Å². The van der Waals surface area contributed by atoms with Crippen molar-refractivity contribution in [2.75, 3.05) is 11.9 Å². The lowest BCUT2D eigenvalue weighted by Gasteiger charge is -2.19. The molecule has 0 aliphatic carbocycles. The molecule has 0 N–H and O–H groups in total. The Hall–Kier alpha value is -3.02. The van der Waals surface area contributed by atoms with Crippen molar-refractivity contribution in [3.05, 3.63) is 84.1 Å². The minimum Gasteiger partial charge on any atom is -0.439 e. The third-order valence-corrected chi connectivity index (χ3v) is 3.83. The Bertz CT molecular complexity index is 832. The number of aromatic nitrogens is 1. The SMILES string of the molecule is CN(Cc1ccc(C(F)(F)F)cc1)c1ccc(Oc2ccccc2)nc1. The summed E-state index contributed by atoms with van der Waals surface area (Å²) in [5.41, 5.74) is 0.975. The van der Waals surface area contributed by atoms with Crippen LogP contribution < -0.4 is 9.64 Å². The second-order valence-corrected chi connectivity index (χ2v) is 5.82. The van der Waals surface area contributed by atoms with Crippen LogP contribution in [0, 0.1) is 0 Å². The monoisotopic (exact) mass is 358 g/mol. The maximum atomic E-state index is 12.6. The number of pyridine rings is 1. The highest BCUT2D eigenvalue weighted by atomic mass is 19.4. The maximum absolute atomic E-state index is 12.6. The lowest BCUT2D eigenvalue weighted by Crippen LogP contribution is -2.16. The van der Waals surface area contributed by atoms with E-state index in [1.54, 1.807) is 12.3 Å². The number of alkyl halides is 3. The number of nitrogens with zero attached hydrogens (tertiary/aromatic N) is 2. The third kappa shape index (κ3) is 4.53. The minimum absolute atomic E-state index is 0.471. The molecule has 3 rings (SSSR count). The van der Waals surface area contributed by atoms with Gasteiger partial charge >= 0.3 is 6.18 Å². The average Bonchev–Trinajstić information content (AvgIpc) is 2.63. The van der Waals surface area contributed by atoms with Crippen LogP contribution in [-0.2, 0) is 12.7 Å². The Labute approximate surface area is 149 Å². The third-order valence-electron chi connectivity index (χ3n) is 3.83. The zero-order valence-corrected chi connectivity index (χ0v) is 14.1. The second-order valence-electron chi connectivity index (χ2n) is 5.82. The van der Waals surface area contributed by atoms with E-state index in [2.05, 4.69) is 4.98 Å². The molecule has 0 fully saturated rings. The van der Waals surface area contributed by atoms with E-state index in [-0.39, 0.29) is 0 Å². The van der Waals surface area contributed by atoms with Gasteiger partial charge in [-0.2, -0.15) is 13.2 Å². The second kappa shape index (κ2) is 7.47. The van der Waals surface area contributed by atoms with Crippen LogP contribution >= 0.6 is 0 Å². The minimum atomic E-state index is -4.32. The summed E-state index contributed by atoms with van der Waals surface area (Å²) in [4.78, 5) is 6.18. The molecule has 3 nitrogen and oxygen atoms in total. The number of hydrogen-bond donors (Lipinski definition) is 0. The van der Waals surface area contributed by atoms with Crippen LogP contribution in [0.15, 0.2) is 72.9 Å². The van der Waals surface area contributed by atoms with Gasteiger partial charge in [0.25, 0.3) is 0 Å². The molecule has 0 aliphatic heterocycles. The van der Waals surface area contributed by atoms with Gasteiger partial charge in [0, 0.05) is 19.7 Å². The van der Waals surface area contributed by atoms with E-state index in [9.17, 15) is 13.2 Å². The average molecular weight is 358 g/mol. The van der Waals surface area contributed by atoms with Crippen molar-refractivity contribution >= 4 is 5.69 Å². The summed E-state index contributed by atoms with van der Waals surface area (Å²) in [6.07, 6.45) is -2.65. The van der Waals surface area contributed by atoms with Gasteiger partial charge < -0.3 is 9.64 Å². The molecule has 0 radical (unpaired) electrons. The molecule has 1 aromatic heterocycles. The summed E-state index contributed by atoms with van der Waals surface area (Å²) < 4.78 is 43.5. The summed E-state index contributed by atoms with van der Waals surface area (Å²) in [6.45, 7) is 0.471. The predicted octanol–water partition coefficient (Wildman–Crippen LogP) is 5.53. The van der Waals surface area contributed by atoms with E-state index in [1.165, 1.54) is 12.1 Å². The maximum Gasteiger partial charge on any atom is 0.416 e. The molecule has 0 unspecified atom stereocenters. The quantitative estimate of drug-likeness (QED) is 0.600. The van der Waals surface area contributed by atoms with Gasteiger partial charge in [-0.05, 0) is 35.9 Å². The van der Waals surface area contributed by atoms with Crippen LogP contribution in [0.5, 0.6) is 11.6 Å². The van der Waals surface area contributed by atoms with Gasteiger partial charge in [0.15, 0.2) is 0 Å². The Morgan fingerprint density at radius 1 is 0.923 bits per heavy atom. The molecular weight excluding hydrogens is 341 g/mol. The Morgan fingerprint density at radius 2 is 1.62 bits per heavy atom. The van der Waals surface area contributed by atoms with Crippen molar-refractivity contribution in [1.82, 2.24) is 4.98 Å². The van der Waals surface area contributed by atoms with Crippen LogP contribution in [0.25, 0.3) is 0 Å². The van der Waals surface area contributed by atoms with Crippen molar-refractivity contribution in [2.24, 2.45) is 0 Å². The van der Waals surface area contributed by atoms with Gasteiger partial charge in [0.05, 0.1) is 17.4 Å². The first kappa shape index (κ1) is 17.8. The Balaban J connectivity index is 1.63. The molecule has 3 aromatic rings. The van der Waals surface area contributed by atoms with E-state index >= 15 is 0 Å². The number of para-hydroxylation sites is 1. The van der Waals surface area contributed by atoms with Gasteiger partial charge in [0.1, 0.15) is 5.75 Å². The van der Waals surface area contributed by atoms with Gasteiger partial charge in [-0.3, -0.25) is 0 Å². The molecule has 2 aromatic carbocycles. The molecule has 1 heterocycles. The highest BCUT2D eigenvalue weighted by Crippen LogP contribution is 2.29. The van der Waals surface area contributed by atoms with Crippen molar-refractivity contribution in [3.8, 4) is 11.6 Å². The first-order valence-electron chi connectivity index (χ1n) is 7.98. The predicted molar refractivity (Wildman–Crippen MR) is 94.3 cm³/mol. The van der Waals surface area contributed by atoms with Crippen molar-refractivity contribution in [3.63, 3.8) is 0 Å². The smallest absolute Gasteiger partial charge is 0.416 e. The highest BCUT2D eigenvalue weighted by molar-refractivity contribution is 5.46. The summed E-state index contributed by atoms with van der Waals surface area (Å²) >= 11 is 0. The molecule has 6 heteroatoms. The summed E-state index contributed by atoms with van der Waals surface area (Å²) in [5.74, 6) is 1.17. The number of ether oxygens (including phenoxy) is 1. The summed E-state index contributed by atoms with van der Waals surface area (Å²) in [6, 6.07) is 18.1. The molecule has 0 saturated carbocycles. The lowest BCUT2D eigenvalue weighted by molar-refractivity contribution is -0.137. The Kier molecular flexibility index (Phi) is 5.11. The zero-order chi connectivity index (χ0) is 18.6. The topological polar surface area (TPSA) is 25.4 Å². The van der Waals surface area contributed by atoms with Gasteiger partial charge in [-0.15, -0.1) is 0 Å². The molecule has 134 valence electrons. The number of anilines is 1. The number of rotatable bonds is 5. The fraction of sp³-hybridized carbons (Fsp3) is 0.150. The molecule has 0 bridgehead atoms. The van der Waals surface area contributed by atoms with E-state index in [0.29, 0.717) is 18.2 Å². The molecule has 26 heavy (non-hydrogen) atoms. The number of benzene rings is 2. The van der Waals surface area contributed by atoms with Gasteiger partial charge in [-0.25, -0.2) is 4.98 Å². The fourth-order valence-corrected chi connectivity index (χ4v) is 2.43. The highest BCUT2D eigenvalue weighted by Gasteiger charge is 2.29. The number of hydrogen-bond acceptors (Lipinski definition) is 3. The molecule has 0 saturated heterocycles. The van der Waals surface area contributed by atoms with Gasteiger partial charge in [-0.1, -0.05) is 30.3 Å². The zero-order valence-electron chi connectivity index (χ0n) is 14.1. The molecular formula is C20H17F3N2O. The van der Waals surface area contributed by atoms with E-state index in [0.717, 1.165) is 23.4 Å². The van der Waals surface area contributed by atoms with Crippen LogP contribution in [0.2, 0.25) is 0 Å². The Morgan fingerprint density at radius 3 is 2.19 bits per heavy atom. The van der Waals surface area contributed by atoms with Crippen molar-refractivity contribution < 1.29 is 17.9 Å². The molecule has 0 amide bonds.